The number of aryl methyl sites for hydroxylation is 1. The van der Waals surface area contributed by atoms with Gasteiger partial charge in [0.1, 0.15) is 11.6 Å². The lowest BCUT2D eigenvalue weighted by Crippen LogP contribution is -2.47. The number of phenolic OH excluding ortho intramolecular Hbond substituents is 1. The van der Waals surface area contributed by atoms with E-state index in [4.69, 9.17) is 5.11 Å². The van der Waals surface area contributed by atoms with Gasteiger partial charge in [-0.2, -0.15) is 10.1 Å². The summed E-state index contributed by atoms with van der Waals surface area (Å²) in [6.45, 7) is 6.32. The fourth-order valence-corrected chi connectivity index (χ4v) is 4.42. The number of nitrogens with one attached hydrogen (secondary N) is 2. The number of benzene rings is 2. The Morgan fingerprint density at radius 2 is 1.72 bits per heavy atom. The van der Waals surface area contributed by atoms with Gasteiger partial charge in [-0.1, -0.05) is 24.3 Å². The lowest BCUT2D eigenvalue weighted by molar-refractivity contribution is 0.188. The minimum absolute atomic E-state index is 0.184. The van der Waals surface area contributed by atoms with Crippen LogP contribution in [0, 0.1) is 6.92 Å². The van der Waals surface area contributed by atoms with Crippen molar-refractivity contribution in [2.24, 2.45) is 5.10 Å². The van der Waals surface area contributed by atoms with Crippen molar-refractivity contribution in [1.82, 2.24) is 19.9 Å². The van der Waals surface area contributed by atoms with E-state index in [2.05, 4.69) is 40.6 Å². The maximum Gasteiger partial charge on any atom is 0.245 e. The van der Waals surface area contributed by atoms with Crippen LogP contribution >= 0.6 is 0 Å². The molecule has 39 heavy (non-hydrogen) atoms. The number of hydrazone groups is 1. The van der Waals surface area contributed by atoms with E-state index in [1.165, 1.54) is 0 Å². The number of aromatic nitrogens is 3. The van der Waals surface area contributed by atoms with Crippen molar-refractivity contribution in [1.29, 1.82) is 0 Å². The normalized spacial score (nSPS) is 14.1. The molecule has 2 aromatic carbocycles. The molecular weight excluding hydrogens is 492 g/mol. The zero-order valence-corrected chi connectivity index (χ0v) is 21.8. The first-order valence-electron chi connectivity index (χ1n) is 12.9. The third-order valence-corrected chi connectivity index (χ3v) is 6.45. The highest BCUT2D eigenvalue weighted by atomic mass is 16.3. The molecule has 2 aromatic heterocycles. The van der Waals surface area contributed by atoms with Crippen molar-refractivity contribution >= 4 is 29.4 Å². The summed E-state index contributed by atoms with van der Waals surface area (Å²) in [6, 6.07) is 21.0. The van der Waals surface area contributed by atoms with Crippen LogP contribution in [0.4, 0.5) is 23.1 Å². The van der Waals surface area contributed by atoms with Gasteiger partial charge in [0.2, 0.25) is 5.95 Å². The number of β-amino-alcohol motifs (C(OH)–C–C–N with tert-alkyl or cyclic N) is 1. The second-order valence-electron chi connectivity index (χ2n) is 9.34. The molecule has 0 aliphatic carbocycles. The van der Waals surface area contributed by atoms with Gasteiger partial charge >= 0.3 is 0 Å². The Hall–Kier alpha value is -4.54. The zero-order chi connectivity index (χ0) is 27.0. The molecule has 1 fully saturated rings. The first-order chi connectivity index (χ1) is 19.1. The molecule has 0 saturated carbocycles. The number of pyridine rings is 1. The number of aromatic hydroxyl groups is 1. The number of piperazine rings is 1. The van der Waals surface area contributed by atoms with E-state index in [0.717, 1.165) is 60.2 Å². The van der Waals surface area contributed by atoms with Gasteiger partial charge in [-0.15, -0.1) is 0 Å². The fourth-order valence-electron chi connectivity index (χ4n) is 4.42. The predicted octanol–water partition coefficient (Wildman–Crippen LogP) is 3.86. The van der Waals surface area contributed by atoms with Crippen LogP contribution in [-0.2, 0) is 0 Å². The predicted molar refractivity (Wildman–Crippen MR) is 155 cm³/mol. The third kappa shape index (κ3) is 7.07. The molecule has 4 aromatic rings. The molecule has 1 saturated heterocycles. The molecule has 4 N–H and O–H groups in total. The summed E-state index contributed by atoms with van der Waals surface area (Å²) in [5.41, 5.74) is 8.26. The summed E-state index contributed by atoms with van der Waals surface area (Å²) in [6.07, 6.45) is 3.38. The Labute approximate surface area is 227 Å². The Bertz CT molecular complexity index is 1400. The van der Waals surface area contributed by atoms with Gasteiger partial charge in [0.25, 0.3) is 0 Å². The van der Waals surface area contributed by atoms with Gasteiger partial charge in [-0.05, 0) is 54.4 Å². The third-order valence-electron chi connectivity index (χ3n) is 6.45. The van der Waals surface area contributed by atoms with Gasteiger partial charge in [0.05, 0.1) is 30.4 Å². The van der Waals surface area contributed by atoms with Crippen LogP contribution in [0.2, 0.25) is 0 Å². The number of hydrogen-bond donors (Lipinski definition) is 4. The van der Waals surface area contributed by atoms with Crippen LogP contribution < -0.4 is 15.6 Å². The Morgan fingerprint density at radius 3 is 2.44 bits per heavy atom. The number of rotatable bonds is 9. The average Bonchev–Trinajstić information content (AvgIpc) is 2.95. The van der Waals surface area contributed by atoms with Crippen LogP contribution in [0.15, 0.2) is 78.0 Å². The molecule has 3 heterocycles. The standard InChI is InChI=1S/C29H32N8O2/c1-21-17-28(37-13-11-36(12-14-37)15-16-38)34-29(32-21)35-31-20-25-9-10-26(19-30-25)33-24-7-5-22(6-8-24)23-3-2-4-27(39)18-23/h2-10,17-20,33,38-39H,11-16H2,1H3,(H,32,34,35)/b31-20+. The maximum atomic E-state index is 9.70. The summed E-state index contributed by atoms with van der Waals surface area (Å²) in [5, 5.41) is 26.5. The number of anilines is 4. The number of aliphatic hydroxyl groups excluding tert-OH is 1. The maximum absolute atomic E-state index is 9.70. The topological polar surface area (TPSA) is 122 Å². The van der Waals surface area contributed by atoms with Crippen LogP contribution in [0.25, 0.3) is 11.1 Å². The first-order valence-corrected chi connectivity index (χ1v) is 12.9. The van der Waals surface area contributed by atoms with Crippen LogP contribution in [0.1, 0.15) is 11.4 Å². The first kappa shape index (κ1) is 26.1. The smallest absolute Gasteiger partial charge is 0.245 e. The molecule has 0 amide bonds. The average molecular weight is 525 g/mol. The molecule has 5 rings (SSSR count). The van der Waals surface area contributed by atoms with Gasteiger partial charge in [0.15, 0.2) is 0 Å². The molecule has 10 nitrogen and oxygen atoms in total. The van der Waals surface area contributed by atoms with Crippen molar-refractivity contribution in [3.8, 4) is 16.9 Å². The second kappa shape index (κ2) is 12.3. The molecule has 0 atom stereocenters. The number of phenols is 1. The summed E-state index contributed by atoms with van der Waals surface area (Å²) in [4.78, 5) is 18.0. The fraction of sp³-hybridized carbons (Fsp3) is 0.241. The van der Waals surface area contributed by atoms with Crippen molar-refractivity contribution in [3.63, 3.8) is 0 Å². The monoisotopic (exact) mass is 524 g/mol. The summed E-state index contributed by atoms with van der Waals surface area (Å²) in [7, 11) is 0. The summed E-state index contributed by atoms with van der Waals surface area (Å²) < 4.78 is 0. The Balaban J connectivity index is 1.16. The van der Waals surface area contributed by atoms with Crippen molar-refractivity contribution in [2.45, 2.75) is 6.92 Å². The molecular formula is C29H32N8O2. The van der Waals surface area contributed by atoms with E-state index >= 15 is 0 Å². The minimum atomic E-state index is 0.184. The number of aliphatic hydroxyl groups is 1. The molecule has 200 valence electrons. The Morgan fingerprint density at radius 1 is 0.923 bits per heavy atom. The molecule has 0 spiro atoms. The molecule has 1 aliphatic rings. The van der Waals surface area contributed by atoms with E-state index in [-0.39, 0.29) is 12.4 Å². The molecule has 0 radical (unpaired) electrons. The lowest BCUT2D eigenvalue weighted by Gasteiger charge is -2.35. The molecule has 0 bridgehead atoms. The SMILES string of the molecule is Cc1cc(N2CCN(CCO)CC2)nc(N/N=C/c2ccc(Nc3ccc(-c4cccc(O)c4)cc3)cn2)n1. The minimum Gasteiger partial charge on any atom is -0.508 e. The highest BCUT2D eigenvalue weighted by molar-refractivity contribution is 5.78. The molecule has 10 heteroatoms. The quantitative estimate of drug-likeness (QED) is 0.191. The number of hydrogen-bond acceptors (Lipinski definition) is 10. The van der Waals surface area contributed by atoms with Crippen LogP contribution in [0.5, 0.6) is 5.75 Å². The van der Waals surface area contributed by atoms with E-state index < -0.39 is 0 Å². The lowest BCUT2D eigenvalue weighted by atomic mass is 10.1. The van der Waals surface area contributed by atoms with Crippen molar-refractivity contribution in [2.75, 3.05) is 55.0 Å². The summed E-state index contributed by atoms with van der Waals surface area (Å²) >= 11 is 0. The van der Waals surface area contributed by atoms with Crippen molar-refractivity contribution < 1.29 is 10.2 Å². The largest absolute Gasteiger partial charge is 0.508 e. The molecule has 1 aliphatic heterocycles. The number of nitrogens with zero attached hydrogens (tertiary/aromatic N) is 6. The van der Waals surface area contributed by atoms with Gasteiger partial charge in [-0.25, -0.2) is 10.4 Å². The van der Waals surface area contributed by atoms with E-state index in [1.54, 1.807) is 24.5 Å². The van der Waals surface area contributed by atoms with Crippen LogP contribution in [0.3, 0.4) is 0 Å². The highest BCUT2D eigenvalue weighted by Crippen LogP contribution is 2.25. The van der Waals surface area contributed by atoms with Crippen LogP contribution in [-0.4, -0.2) is 75.6 Å². The van der Waals surface area contributed by atoms with E-state index in [0.29, 0.717) is 18.2 Å². The van der Waals surface area contributed by atoms with Gasteiger partial charge < -0.3 is 20.4 Å². The Kier molecular flexibility index (Phi) is 8.25. The van der Waals surface area contributed by atoms with E-state index in [9.17, 15) is 5.11 Å². The van der Waals surface area contributed by atoms with Gasteiger partial charge in [0, 0.05) is 50.2 Å². The molecule has 0 unspecified atom stereocenters. The summed E-state index contributed by atoms with van der Waals surface area (Å²) in [5.74, 6) is 1.55. The van der Waals surface area contributed by atoms with Crippen molar-refractivity contribution in [3.05, 3.63) is 84.3 Å². The second-order valence-corrected chi connectivity index (χ2v) is 9.34. The highest BCUT2D eigenvalue weighted by Gasteiger charge is 2.18. The van der Waals surface area contributed by atoms with Gasteiger partial charge in [-0.3, -0.25) is 9.88 Å². The van der Waals surface area contributed by atoms with E-state index in [1.807, 2.05) is 61.5 Å². The zero-order valence-electron chi connectivity index (χ0n) is 21.8.